The van der Waals surface area contributed by atoms with Gasteiger partial charge in [-0.25, -0.2) is 0 Å². The molecule has 1 saturated heterocycles. The van der Waals surface area contributed by atoms with E-state index in [-0.39, 0.29) is 17.9 Å². The van der Waals surface area contributed by atoms with Crippen LogP contribution in [0, 0.1) is 11.3 Å². The van der Waals surface area contributed by atoms with Crippen LogP contribution in [0.25, 0.3) is 0 Å². The van der Waals surface area contributed by atoms with Crippen molar-refractivity contribution >= 4 is 11.6 Å². The van der Waals surface area contributed by atoms with Crippen LogP contribution in [0.5, 0.6) is 5.75 Å². The van der Waals surface area contributed by atoms with Crippen molar-refractivity contribution in [2.75, 3.05) is 13.2 Å². The fourth-order valence-corrected chi connectivity index (χ4v) is 5.74. The number of hydrogen-bond donors (Lipinski definition) is 3. The van der Waals surface area contributed by atoms with E-state index < -0.39 is 23.9 Å². The Morgan fingerprint density at radius 2 is 1.83 bits per heavy atom. The first-order valence-corrected chi connectivity index (χ1v) is 11.0. The molecule has 2 aromatic rings. The number of aliphatic hydroxyl groups excluding tert-OH is 3. The van der Waals surface area contributed by atoms with Gasteiger partial charge in [-0.2, -0.15) is 0 Å². The molecular formula is C24H27ClO5. The maximum absolute atomic E-state index is 10.8. The number of ether oxygens (including phenoxy) is 2. The number of fused-ring (bicyclic) bond motifs is 3. The molecule has 3 aliphatic rings. The van der Waals surface area contributed by atoms with Gasteiger partial charge in [0.2, 0.25) is 0 Å². The van der Waals surface area contributed by atoms with Crippen molar-refractivity contribution in [1.82, 2.24) is 0 Å². The molecule has 0 radical (unpaired) electrons. The fraction of sp³-hybridized carbons (Fsp3) is 0.500. The maximum atomic E-state index is 10.8. The molecular weight excluding hydrogens is 404 g/mol. The summed E-state index contributed by atoms with van der Waals surface area (Å²) >= 11 is 6.46. The zero-order chi connectivity index (χ0) is 21.1. The summed E-state index contributed by atoms with van der Waals surface area (Å²) in [6, 6.07) is 13.5. The van der Waals surface area contributed by atoms with Crippen LogP contribution in [-0.2, 0) is 11.2 Å². The van der Waals surface area contributed by atoms with Crippen molar-refractivity contribution in [2.45, 2.75) is 50.1 Å². The van der Waals surface area contributed by atoms with E-state index in [1.807, 2.05) is 43.3 Å². The first-order valence-electron chi connectivity index (χ1n) is 10.6. The first-order chi connectivity index (χ1) is 14.5. The van der Waals surface area contributed by atoms with Crippen molar-refractivity contribution in [3.05, 3.63) is 64.2 Å². The summed E-state index contributed by atoms with van der Waals surface area (Å²) in [4.78, 5) is 0. The second-order valence-corrected chi connectivity index (χ2v) is 9.21. The predicted molar refractivity (Wildman–Crippen MR) is 113 cm³/mol. The molecule has 0 amide bonds. The highest BCUT2D eigenvalue weighted by molar-refractivity contribution is 6.31. The van der Waals surface area contributed by atoms with Gasteiger partial charge in [0.15, 0.2) is 0 Å². The summed E-state index contributed by atoms with van der Waals surface area (Å²) in [6.45, 7) is 2.44. The highest BCUT2D eigenvalue weighted by Gasteiger charge is 2.87. The normalized spacial score (nSPS) is 33.2. The zero-order valence-corrected chi connectivity index (χ0v) is 17.7. The Kier molecular flexibility index (Phi) is 4.88. The molecule has 5 rings (SSSR count). The summed E-state index contributed by atoms with van der Waals surface area (Å²) in [5.41, 5.74) is 1.88. The second-order valence-electron chi connectivity index (χ2n) is 8.81. The smallest absolute Gasteiger partial charge is 0.119 e. The Morgan fingerprint density at radius 3 is 2.47 bits per heavy atom. The lowest BCUT2D eigenvalue weighted by atomic mass is 9.91. The second kappa shape index (κ2) is 7.21. The molecule has 1 spiro atoms. The molecule has 5 atom stereocenters. The minimum atomic E-state index is -1.03. The number of benzene rings is 2. The van der Waals surface area contributed by atoms with E-state index in [0.717, 1.165) is 35.3 Å². The third-order valence-corrected chi connectivity index (χ3v) is 7.62. The molecule has 0 unspecified atom stereocenters. The molecule has 0 aromatic heterocycles. The minimum absolute atomic E-state index is 0.134. The fourth-order valence-electron chi connectivity index (χ4n) is 5.56. The SMILES string of the molecule is CCOc1ccc(Cc2cc([C@@H]3O[C@]4(CO)[C@H]([C@H](O)[C@H]3O)C43CC3)ccc2Cl)cc1. The summed E-state index contributed by atoms with van der Waals surface area (Å²) in [7, 11) is 0. The van der Waals surface area contributed by atoms with Crippen LogP contribution in [0.2, 0.25) is 5.02 Å². The molecule has 5 nitrogen and oxygen atoms in total. The van der Waals surface area contributed by atoms with Crippen molar-refractivity contribution in [3.8, 4) is 5.75 Å². The van der Waals surface area contributed by atoms with E-state index in [1.54, 1.807) is 6.07 Å². The third kappa shape index (κ3) is 2.91. The Bertz CT molecular complexity index is 941. The monoisotopic (exact) mass is 430 g/mol. The Labute approximate surface area is 181 Å². The van der Waals surface area contributed by atoms with Gasteiger partial charge in [-0.15, -0.1) is 0 Å². The van der Waals surface area contributed by atoms with Crippen LogP contribution in [-0.4, -0.2) is 46.3 Å². The average molecular weight is 431 g/mol. The number of aliphatic hydroxyl groups is 3. The van der Waals surface area contributed by atoms with Crippen molar-refractivity contribution in [2.24, 2.45) is 11.3 Å². The van der Waals surface area contributed by atoms with Gasteiger partial charge in [-0.3, -0.25) is 0 Å². The lowest BCUT2D eigenvalue weighted by Crippen LogP contribution is -2.46. The van der Waals surface area contributed by atoms with E-state index in [2.05, 4.69) is 0 Å². The Morgan fingerprint density at radius 1 is 1.10 bits per heavy atom. The molecule has 2 aromatic carbocycles. The highest BCUT2D eigenvalue weighted by atomic mass is 35.5. The van der Waals surface area contributed by atoms with E-state index in [1.165, 1.54) is 0 Å². The van der Waals surface area contributed by atoms with E-state index >= 15 is 0 Å². The van der Waals surface area contributed by atoms with Gasteiger partial charge in [0.25, 0.3) is 0 Å². The van der Waals surface area contributed by atoms with E-state index in [4.69, 9.17) is 21.1 Å². The van der Waals surface area contributed by atoms with Gasteiger partial charge in [0.05, 0.1) is 19.3 Å². The molecule has 0 bridgehead atoms. The summed E-state index contributed by atoms with van der Waals surface area (Å²) in [6.07, 6.45) is -0.142. The van der Waals surface area contributed by atoms with Crippen LogP contribution in [0.3, 0.4) is 0 Å². The Balaban J connectivity index is 1.40. The molecule has 2 saturated carbocycles. The van der Waals surface area contributed by atoms with Gasteiger partial charge < -0.3 is 24.8 Å². The average Bonchev–Trinajstić information content (AvgIpc) is 3.65. The van der Waals surface area contributed by atoms with Gasteiger partial charge in [-0.1, -0.05) is 35.9 Å². The van der Waals surface area contributed by atoms with Gasteiger partial charge in [0, 0.05) is 16.4 Å². The number of rotatable bonds is 6. The van der Waals surface area contributed by atoms with Crippen LogP contribution < -0.4 is 4.74 Å². The van der Waals surface area contributed by atoms with Crippen LogP contribution in [0.15, 0.2) is 42.5 Å². The topological polar surface area (TPSA) is 79.2 Å². The molecule has 1 heterocycles. The maximum Gasteiger partial charge on any atom is 0.119 e. The first kappa shape index (κ1) is 20.3. The quantitative estimate of drug-likeness (QED) is 0.655. The van der Waals surface area contributed by atoms with Gasteiger partial charge in [-0.05, 0) is 61.1 Å². The molecule has 6 heteroatoms. The summed E-state index contributed by atoms with van der Waals surface area (Å²) < 4.78 is 11.8. The van der Waals surface area contributed by atoms with Gasteiger partial charge in [0.1, 0.15) is 23.6 Å². The lowest BCUT2D eigenvalue weighted by Gasteiger charge is -2.36. The summed E-state index contributed by atoms with van der Waals surface area (Å²) in [5.74, 6) is 0.646. The molecule has 30 heavy (non-hydrogen) atoms. The van der Waals surface area contributed by atoms with Crippen LogP contribution >= 0.6 is 11.6 Å². The van der Waals surface area contributed by atoms with Crippen LogP contribution in [0.4, 0.5) is 0 Å². The number of hydrogen-bond acceptors (Lipinski definition) is 5. The zero-order valence-electron chi connectivity index (χ0n) is 16.9. The predicted octanol–water partition coefficient (Wildman–Crippen LogP) is 3.26. The van der Waals surface area contributed by atoms with E-state index in [9.17, 15) is 15.3 Å². The molecule has 2 aliphatic carbocycles. The summed E-state index contributed by atoms with van der Waals surface area (Å²) in [5, 5.41) is 32.2. The van der Waals surface area contributed by atoms with Gasteiger partial charge >= 0.3 is 0 Å². The molecule has 160 valence electrons. The minimum Gasteiger partial charge on any atom is -0.494 e. The van der Waals surface area contributed by atoms with Crippen molar-refractivity contribution in [3.63, 3.8) is 0 Å². The molecule has 3 N–H and O–H groups in total. The van der Waals surface area contributed by atoms with Crippen LogP contribution in [0.1, 0.15) is 42.6 Å². The molecule has 3 fully saturated rings. The van der Waals surface area contributed by atoms with E-state index in [0.29, 0.717) is 18.1 Å². The largest absolute Gasteiger partial charge is 0.494 e. The third-order valence-electron chi connectivity index (χ3n) is 7.25. The lowest BCUT2D eigenvalue weighted by molar-refractivity contribution is -0.188. The van der Waals surface area contributed by atoms with Crippen molar-refractivity contribution in [1.29, 1.82) is 0 Å². The Hall–Kier alpha value is -1.63. The number of halogens is 1. The highest BCUT2D eigenvalue weighted by Crippen LogP contribution is 2.82. The van der Waals surface area contributed by atoms with Crippen molar-refractivity contribution < 1.29 is 24.8 Å². The standard InChI is InChI=1S/C24H27ClO5/c1-2-29-17-6-3-14(4-7-17)11-16-12-15(5-8-18(16)25)21-19(27)20(28)22-23(9-10-23)24(22,13-26)30-21/h3-8,12,19-22,26-28H,2,9-11,13H2,1H3/t19-,20-,21+,22-,24-/m1/s1. The molecule has 1 aliphatic heterocycles.